The number of rotatable bonds is 8. The highest BCUT2D eigenvalue weighted by atomic mass is 16.5. The summed E-state index contributed by atoms with van der Waals surface area (Å²) in [6, 6.07) is 19.1. The number of amides is 1. The van der Waals surface area contributed by atoms with Crippen LogP contribution in [0.25, 0.3) is 10.8 Å². The summed E-state index contributed by atoms with van der Waals surface area (Å²) in [4.78, 5) is 31.9. The molecule has 3 aromatic rings. The lowest BCUT2D eigenvalue weighted by atomic mass is 9.81. The highest BCUT2D eigenvalue weighted by Crippen LogP contribution is 2.34. The average Bonchev–Trinajstić information content (AvgIpc) is 2.95. The molecule has 194 valence electrons. The Bertz CT molecular complexity index is 1250. The maximum atomic E-state index is 12.9. The molecule has 1 unspecified atom stereocenters. The third-order valence-corrected chi connectivity index (χ3v) is 8.02. The van der Waals surface area contributed by atoms with Gasteiger partial charge in [0.05, 0.1) is 13.5 Å². The lowest BCUT2D eigenvalue weighted by Crippen LogP contribution is -2.39. The van der Waals surface area contributed by atoms with Gasteiger partial charge in [-0.15, -0.1) is 0 Å². The summed E-state index contributed by atoms with van der Waals surface area (Å²) in [6.45, 7) is 2.54. The van der Waals surface area contributed by atoms with Crippen LogP contribution in [0.4, 0.5) is 5.82 Å². The number of hydrogen-bond acceptors (Lipinski definition) is 5. The van der Waals surface area contributed by atoms with E-state index in [1.807, 2.05) is 17.0 Å². The van der Waals surface area contributed by atoms with E-state index in [-0.39, 0.29) is 17.8 Å². The zero-order chi connectivity index (χ0) is 25.6. The molecular weight excluding hydrogens is 462 g/mol. The predicted octanol–water partition coefficient (Wildman–Crippen LogP) is 5.50. The van der Waals surface area contributed by atoms with E-state index in [2.05, 4.69) is 47.8 Å². The summed E-state index contributed by atoms with van der Waals surface area (Å²) in [6.07, 6.45) is 6.66. The van der Waals surface area contributed by atoms with Crippen LogP contribution < -0.4 is 5.32 Å². The molecule has 3 heterocycles. The van der Waals surface area contributed by atoms with Gasteiger partial charge in [-0.05, 0) is 78.3 Å². The summed E-state index contributed by atoms with van der Waals surface area (Å²) in [7, 11) is 1.46. The van der Waals surface area contributed by atoms with Crippen LogP contribution in [0.1, 0.15) is 61.3 Å². The van der Waals surface area contributed by atoms with Gasteiger partial charge in [-0.2, -0.15) is 0 Å². The van der Waals surface area contributed by atoms with Gasteiger partial charge in [-0.1, -0.05) is 48.5 Å². The largest absolute Gasteiger partial charge is 0.469 e. The van der Waals surface area contributed by atoms with Crippen LogP contribution >= 0.6 is 0 Å². The number of carbonyl (C=O) groups excluding carboxylic acids is 2. The van der Waals surface area contributed by atoms with Crippen LogP contribution in [0.2, 0.25) is 0 Å². The van der Waals surface area contributed by atoms with Crippen molar-refractivity contribution >= 4 is 28.5 Å². The van der Waals surface area contributed by atoms with E-state index in [9.17, 15) is 9.59 Å². The number of fused-ring (bicyclic) bond motifs is 2. The zero-order valence-electron chi connectivity index (χ0n) is 21.7. The van der Waals surface area contributed by atoms with Gasteiger partial charge in [0.2, 0.25) is 5.91 Å². The van der Waals surface area contributed by atoms with Gasteiger partial charge in [0.25, 0.3) is 0 Å². The van der Waals surface area contributed by atoms with Crippen molar-refractivity contribution in [3.05, 3.63) is 71.4 Å². The molecule has 0 radical (unpaired) electrons. The zero-order valence-corrected chi connectivity index (χ0v) is 21.7. The molecule has 1 amide bonds. The first-order chi connectivity index (χ1) is 18.1. The van der Waals surface area contributed by atoms with Gasteiger partial charge in [0.1, 0.15) is 5.82 Å². The molecule has 1 N–H and O–H groups in total. The topological polar surface area (TPSA) is 71.5 Å². The van der Waals surface area contributed by atoms with Gasteiger partial charge >= 0.3 is 5.97 Å². The maximum absolute atomic E-state index is 12.9. The van der Waals surface area contributed by atoms with Crippen molar-refractivity contribution in [3.63, 3.8) is 0 Å². The molecule has 6 heteroatoms. The van der Waals surface area contributed by atoms with Crippen molar-refractivity contribution in [1.82, 2.24) is 9.88 Å². The number of aromatic nitrogens is 1. The minimum atomic E-state index is -0.170. The predicted molar refractivity (Wildman–Crippen MR) is 147 cm³/mol. The Morgan fingerprint density at radius 2 is 1.89 bits per heavy atom. The van der Waals surface area contributed by atoms with Crippen LogP contribution in [0.5, 0.6) is 0 Å². The minimum Gasteiger partial charge on any atom is -0.469 e. The summed E-state index contributed by atoms with van der Waals surface area (Å²) in [5.41, 5.74) is 3.45. The molecule has 2 aliphatic heterocycles. The van der Waals surface area contributed by atoms with Crippen LogP contribution in [0, 0.1) is 5.92 Å². The van der Waals surface area contributed by atoms with E-state index >= 15 is 0 Å². The molecule has 0 spiro atoms. The monoisotopic (exact) mass is 499 g/mol. The molecule has 2 aromatic carbocycles. The second kappa shape index (κ2) is 11.8. The summed E-state index contributed by atoms with van der Waals surface area (Å²) < 4.78 is 5.02. The quantitative estimate of drug-likeness (QED) is 0.414. The Morgan fingerprint density at radius 1 is 1.08 bits per heavy atom. The van der Waals surface area contributed by atoms with E-state index in [0.29, 0.717) is 25.2 Å². The van der Waals surface area contributed by atoms with E-state index in [4.69, 9.17) is 9.72 Å². The highest BCUT2D eigenvalue weighted by molar-refractivity contribution is 5.83. The van der Waals surface area contributed by atoms with Crippen molar-refractivity contribution in [2.24, 2.45) is 5.92 Å². The van der Waals surface area contributed by atoms with Crippen LogP contribution in [-0.2, 0) is 27.2 Å². The van der Waals surface area contributed by atoms with Crippen molar-refractivity contribution in [2.45, 2.75) is 57.3 Å². The highest BCUT2D eigenvalue weighted by Gasteiger charge is 2.27. The van der Waals surface area contributed by atoms with Crippen LogP contribution in [0.3, 0.4) is 0 Å². The Hall–Kier alpha value is -3.41. The molecule has 1 fully saturated rings. The number of aryl methyl sites for hydroxylation is 2. The standard InChI is InChI=1S/C31H37N3O3/c1-37-30(36)21-27(26-9-8-23-5-2-3-6-25(23)20-26)19-22-14-17-34(18-15-22)29(35)13-12-28-11-10-24-7-4-16-32-31(24)33-28/h2-3,5-6,8-11,20,22,27H,4,7,12-19,21H2,1H3,(H,32,33). The second-order valence-electron chi connectivity index (χ2n) is 10.5. The summed E-state index contributed by atoms with van der Waals surface area (Å²) in [5, 5.41) is 5.77. The molecule has 1 aromatic heterocycles. The van der Waals surface area contributed by atoms with Crippen LogP contribution in [-0.4, -0.2) is 48.5 Å². The fraction of sp³-hybridized carbons (Fsp3) is 0.452. The van der Waals surface area contributed by atoms with Gasteiger partial charge < -0.3 is 15.0 Å². The Labute approximate surface area is 219 Å². The first-order valence-corrected chi connectivity index (χ1v) is 13.6. The van der Waals surface area contributed by atoms with E-state index < -0.39 is 0 Å². The Kier molecular flexibility index (Phi) is 8.02. The molecule has 6 nitrogen and oxygen atoms in total. The minimum absolute atomic E-state index is 0.119. The number of ether oxygens (including phenoxy) is 1. The summed E-state index contributed by atoms with van der Waals surface area (Å²) in [5.74, 6) is 1.64. The molecule has 37 heavy (non-hydrogen) atoms. The molecule has 0 aliphatic carbocycles. The van der Waals surface area contributed by atoms with Crippen molar-refractivity contribution < 1.29 is 14.3 Å². The Balaban J connectivity index is 1.15. The molecule has 5 rings (SSSR count). The molecule has 2 aliphatic rings. The maximum Gasteiger partial charge on any atom is 0.306 e. The van der Waals surface area contributed by atoms with Gasteiger partial charge in [0.15, 0.2) is 0 Å². The smallest absolute Gasteiger partial charge is 0.306 e. The van der Waals surface area contributed by atoms with Crippen molar-refractivity contribution in [2.75, 3.05) is 32.1 Å². The summed E-state index contributed by atoms with van der Waals surface area (Å²) >= 11 is 0. The number of nitrogens with zero attached hydrogens (tertiary/aromatic N) is 2. The molecular formula is C31H37N3O3. The van der Waals surface area contributed by atoms with Gasteiger partial charge in [-0.25, -0.2) is 4.98 Å². The third-order valence-electron chi connectivity index (χ3n) is 8.02. The number of methoxy groups -OCH3 is 1. The average molecular weight is 500 g/mol. The lowest BCUT2D eigenvalue weighted by Gasteiger charge is -2.34. The van der Waals surface area contributed by atoms with Crippen LogP contribution in [0.15, 0.2) is 54.6 Å². The van der Waals surface area contributed by atoms with Gasteiger partial charge in [-0.3, -0.25) is 9.59 Å². The number of pyridine rings is 1. The fourth-order valence-corrected chi connectivity index (χ4v) is 5.81. The fourth-order valence-electron chi connectivity index (χ4n) is 5.81. The number of piperidine rings is 1. The molecule has 1 atom stereocenters. The number of carbonyl (C=O) groups is 2. The number of esters is 1. The first kappa shape index (κ1) is 25.2. The molecule has 1 saturated heterocycles. The number of likely N-dealkylation sites (tertiary alicyclic amines) is 1. The van der Waals surface area contributed by atoms with E-state index in [0.717, 1.165) is 63.3 Å². The van der Waals surface area contributed by atoms with E-state index in [1.165, 1.54) is 29.0 Å². The number of benzene rings is 2. The Morgan fingerprint density at radius 3 is 2.70 bits per heavy atom. The van der Waals surface area contributed by atoms with Crippen molar-refractivity contribution in [3.8, 4) is 0 Å². The van der Waals surface area contributed by atoms with Gasteiger partial charge in [0, 0.05) is 31.7 Å². The van der Waals surface area contributed by atoms with E-state index in [1.54, 1.807) is 0 Å². The lowest BCUT2D eigenvalue weighted by molar-refractivity contribution is -0.141. The molecule has 0 saturated carbocycles. The number of hydrogen-bond donors (Lipinski definition) is 1. The normalized spacial score (nSPS) is 16.6. The SMILES string of the molecule is COC(=O)CC(CC1CCN(C(=O)CCc2ccc3c(n2)NCCC3)CC1)c1ccc2ccccc2c1. The van der Waals surface area contributed by atoms with Crippen molar-refractivity contribution in [1.29, 1.82) is 0 Å². The number of anilines is 1. The molecule has 0 bridgehead atoms. The third kappa shape index (κ3) is 6.30. The second-order valence-corrected chi connectivity index (χ2v) is 10.5. The number of nitrogens with one attached hydrogen (secondary N) is 1. The first-order valence-electron chi connectivity index (χ1n) is 13.6.